The molecule has 18 heavy (non-hydrogen) atoms. The van der Waals surface area contributed by atoms with Crippen LogP contribution >= 0.6 is 11.6 Å². The minimum absolute atomic E-state index is 0.0322. The van der Waals surface area contributed by atoms with Crippen molar-refractivity contribution < 1.29 is 22.7 Å². The van der Waals surface area contributed by atoms with Gasteiger partial charge >= 0.3 is 6.18 Å². The molecule has 2 aliphatic heterocycles. The van der Waals surface area contributed by atoms with Gasteiger partial charge in [0.1, 0.15) is 5.75 Å². The highest BCUT2D eigenvalue weighted by molar-refractivity contribution is 6.31. The minimum Gasteiger partial charge on any atom is -0.455 e. The van der Waals surface area contributed by atoms with Crippen LogP contribution in [0.1, 0.15) is 12.8 Å². The summed E-state index contributed by atoms with van der Waals surface area (Å²) >= 11 is 5.75. The maximum absolute atomic E-state index is 13.2. The van der Waals surface area contributed by atoms with Crippen molar-refractivity contribution in [1.29, 1.82) is 0 Å². The molecule has 2 heterocycles. The molecular formula is C11H7ClF3NO2. The highest BCUT2D eigenvalue weighted by Gasteiger charge is 2.69. The second-order valence-corrected chi connectivity index (χ2v) is 4.66. The molecular weight excluding hydrogens is 271 g/mol. The molecule has 1 saturated heterocycles. The largest absolute Gasteiger partial charge is 0.455 e. The number of anilines is 1. The molecule has 0 spiro atoms. The average molecular weight is 278 g/mol. The Morgan fingerprint density at radius 3 is 2.78 bits per heavy atom. The van der Waals surface area contributed by atoms with Gasteiger partial charge in [0.2, 0.25) is 5.91 Å². The number of carbonyl (C=O) groups excluding carboxylic acids is 1. The smallest absolute Gasteiger partial charge is 0.449 e. The number of hydrogen-bond donors (Lipinski definition) is 0. The third-order valence-corrected chi connectivity index (χ3v) is 3.41. The summed E-state index contributed by atoms with van der Waals surface area (Å²) in [6, 6.07) is 4.08. The molecule has 1 aromatic carbocycles. The Bertz CT molecular complexity index is 546. The Labute approximate surface area is 105 Å². The summed E-state index contributed by atoms with van der Waals surface area (Å²) in [6.45, 7) is 0. The van der Waals surface area contributed by atoms with E-state index in [4.69, 9.17) is 16.3 Å². The lowest BCUT2D eigenvalue weighted by atomic mass is 10.1. The first-order valence-electron chi connectivity index (χ1n) is 5.23. The molecule has 0 aromatic heterocycles. The zero-order valence-corrected chi connectivity index (χ0v) is 9.68. The topological polar surface area (TPSA) is 29.5 Å². The zero-order valence-electron chi connectivity index (χ0n) is 8.92. The fourth-order valence-corrected chi connectivity index (χ4v) is 2.55. The lowest BCUT2D eigenvalue weighted by Crippen LogP contribution is -2.57. The second-order valence-electron chi connectivity index (χ2n) is 4.23. The van der Waals surface area contributed by atoms with Crippen molar-refractivity contribution in [3.8, 4) is 5.75 Å². The number of halogens is 4. The van der Waals surface area contributed by atoms with E-state index in [9.17, 15) is 18.0 Å². The van der Waals surface area contributed by atoms with Gasteiger partial charge in [0.05, 0.1) is 5.69 Å². The van der Waals surface area contributed by atoms with Gasteiger partial charge in [-0.25, -0.2) is 0 Å². The van der Waals surface area contributed by atoms with Crippen molar-refractivity contribution >= 4 is 23.2 Å². The van der Waals surface area contributed by atoms with Gasteiger partial charge in [-0.05, 0) is 18.2 Å². The summed E-state index contributed by atoms with van der Waals surface area (Å²) in [4.78, 5) is 12.4. The molecule has 3 rings (SSSR count). The van der Waals surface area contributed by atoms with Crippen LogP contribution in [0.4, 0.5) is 18.9 Å². The SMILES string of the molecule is O=C1CC[C@@]2(C(F)(F)F)Oc3ccc(Cl)cc3N12. The number of carbonyl (C=O) groups is 1. The monoisotopic (exact) mass is 277 g/mol. The molecule has 1 fully saturated rings. The van der Waals surface area contributed by atoms with E-state index in [-0.39, 0.29) is 22.9 Å². The van der Waals surface area contributed by atoms with Crippen LogP contribution in [-0.2, 0) is 4.79 Å². The van der Waals surface area contributed by atoms with Crippen molar-refractivity contribution in [3.63, 3.8) is 0 Å². The molecule has 1 atom stereocenters. The van der Waals surface area contributed by atoms with E-state index in [1.54, 1.807) is 0 Å². The van der Waals surface area contributed by atoms with Crippen LogP contribution in [0, 0.1) is 0 Å². The van der Waals surface area contributed by atoms with E-state index >= 15 is 0 Å². The summed E-state index contributed by atoms with van der Waals surface area (Å²) in [5, 5.41) is 0.259. The summed E-state index contributed by atoms with van der Waals surface area (Å²) in [6.07, 6.45) is -5.24. The predicted octanol–water partition coefficient (Wildman–Crippen LogP) is 3.12. The fraction of sp³-hybridized carbons (Fsp3) is 0.364. The van der Waals surface area contributed by atoms with Crippen LogP contribution in [0.3, 0.4) is 0 Å². The average Bonchev–Trinajstić information content (AvgIpc) is 2.75. The number of amides is 1. The summed E-state index contributed by atoms with van der Waals surface area (Å²) in [5.74, 6) is -0.571. The number of ether oxygens (including phenoxy) is 1. The first kappa shape index (κ1) is 11.6. The lowest BCUT2D eigenvalue weighted by molar-refractivity contribution is -0.238. The molecule has 96 valence electrons. The standard InChI is InChI=1S/C11H7ClF3NO2/c12-6-1-2-8-7(5-6)16-9(17)3-4-10(16,18-8)11(13,14)15/h1-2,5H,3-4H2/t10-/m0/s1. The van der Waals surface area contributed by atoms with Crippen molar-refractivity contribution in [3.05, 3.63) is 23.2 Å². The first-order valence-corrected chi connectivity index (χ1v) is 5.61. The number of benzene rings is 1. The molecule has 0 radical (unpaired) electrons. The quantitative estimate of drug-likeness (QED) is 0.729. The van der Waals surface area contributed by atoms with E-state index in [0.29, 0.717) is 4.90 Å². The van der Waals surface area contributed by atoms with Gasteiger partial charge in [0.15, 0.2) is 0 Å². The summed E-state index contributed by atoms with van der Waals surface area (Å²) in [5.41, 5.74) is -2.47. The highest BCUT2D eigenvalue weighted by atomic mass is 35.5. The molecule has 3 nitrogen and oxygen atoms in total. The molecule has 0 unspecified atom stereocenters. The van der Waals surface area contributed by atoms with Crippen molar-refractivity contribution in [2.75, 3.05) is 4.90 Å². The van der Waals surface area contributed by atoms with Gasteiger partial charge in [-0.3, -0.25) is 9.69 Å². The zero-order chi connectivity index (χ0) is 13.1. The van der Waals surface area contributed by atoms with Crippen LogP contribution in [0.25, 0.3) is 0 Å². The highest BCUT2D eigenvalue weighted by Crippen LogP contribution is 2.54. The van der Waals surface area contributed by atoms with E-state index in [1.165, 1.54) is 18.2 Å². The molecule has 0 bridgehead atoms. The molecule has 1 amide bonds. The number of fused-ring (bicyclic) bond motifs is 3. The Kier molecular flexibility index (Phi) is 2.15. The maximum Gasteiger partial charge on any atom is 0.449 e. The van der Waals surface area contributed by atoms with Gasteiger partial charge in [0.25, 0.3) is 5.72 Å². The minimum atomic E-state index is -4.65. The van der Waals surface area contributed by atoms with Gasteiger partial charge in [-0.15, -0.1) is 0 Å². The van der Waals surface area contributed by atoms with Crippen molar-refractivity contribution in [2.24, 2.45) is 0 Å². The normalized spacial score (nSPS) is 26.0. The Morgan fingerprint density at radius 2 is 2.11 bits per heavy atom. The Morgan fingerprint density at radius 1 is 1.39 bits per heavy atom. The number of rotatable bonds is 0. The van der Waals surface area contributed by atoms with E-state index in [2.05, 4.69) is 0 Å². The first-order chi connectivity index (χ1) is 8.35. The molecule has 0 N–H and O–H groups in total. The molecule has 1 aromatic rings. The van der Waals surface area contributed by atoms with Gasteiger partial charge in [0, 0.05) is 17.9 Å². The fourth-order valence-electron chi connectivity index (χ4n) is 2.39. The second kappa shape index (κ2) is 3.32. The van der Waals surface area contributed by atoms with Crippen molar-refractivity contribution in [1.82, 2.24) is 0 Å². The molecule has 0 saturated carbocycles. The Hall–Kier alpha value is -1.43. The predicted molar refractivity (Wildman–Crippen MR) is 57.6 cm³/mol. The maximum atomic E-state index is 13.2. The third-order valence-electron chi connectivity index (χ3n) is 3.17. The summed E-state index contributed by atoms with van der Waals surface area (Å²) < 4.78 is 44.6. The van der Waals surface area contributed by atoms with E-state index in [0.717, 1.165) is 0 Å². The lowest BCUT2D eigenvalue weighted by Gasteiger charge is -2.32. The number of hydrogen-bond acceptors (Lipinski definition) is 2. The van der Waals surface area contributed by atoms with E-state index in [1.807, 2.05) is 0 Å². The van der Waals surface area contributed by atoms with E-state index < -0.39 is 24.2 Å². The van der Waals surface area contributed by atoms with Gasteiger partial charge < -0.3 is 4.74 Å². The van der Waals surface area contributed by atoms with Gasteiger partial charge in [-0.1, -0.05) is 11.6 Å². The van der Waals surface area contributed by atoms with Gasteiger partial charge in [-0.2, -0.15) is 13.2 Å². The Balaban J connectivity index is 2.19. The molecule has 7 heteroatoms. The summed E-state index contributed by atoms with van der Waals surface area (Å²) in [7, 11) is 0. The van der Waals surface area contributed by atoms with Crippen LogP contribution in [-0.4, -0.2) is 17.8 Å². The van der Waals surface area contributed by atoms with Crippen molar-refractivity contribution in [2.45, 2.75) is 24.7 Å². The number of nitrogens with zero attached hydrogens (tertiary/aromatic N) is 1. The van der Waals surface area contributed by atoms with Crippen LogP contribution in [0.15, 0.2) is 18.2 Å². The van der Waals surface area contributed by atoms with Crippen LogP contribution in [0.5, 0.6) is 5.75 Å². The molecule has 2 aliphatic rings. The molecule has 0 aliphatic carbocycles. The number of alkyl halides is 3. The van der Waals surface area contributed by atoms with Crippen LogP contribution in [0.2, 0.25) is 5.02 Å². The third kappa shape index (κ3) is 1.29. The van der Waals surface area contributed by atoms with Crippen LogP contribution < -0.4 is 9.64 Å².